The number of hydrogen-bond acceptors (Lipinski definition) is 6. The van der Waals surface area contributed by atoms with E-state index in [9.17, 15) is 8.42 Å². The number of methoxy groups -OCH3 is 1. The maximum Gasteiger partial charge on any atom is 0.206 e. The van der Waals surface area contributed by atoms with E-state index < -0.39 is 9.84 Å². The first-order chi connectivity index (χ1) is 20.0. The summed E-state index contributed by atoms with van der Waals surface area (Å²) in [5.41, 5.74) is 3.21. The van der Waals surface area contributed by atoms with E-state index in [0.717, 1.165) is 16.7 Å². The van der Waals surface area contributed by atoms with Gasteiger partial charge in [-0.25, -0.2) is 8.42 Å². The smallest absolute Gasteiger partial charge is 0.206 e. The van der Waals surface area contributed by atoms with Gasteiger partial charge in [0.2, 0.25) is 9.84 Å². The predicted octanol–water partition coefficient (Wildman–Crippen LogP) is 7.44. The Balaban J connectivity index is 1.42. The van der Waals surface area contributed by atoms with Gasteiger partial charge in [0.25, 0.3) is 0 Å². The highest BCUT2D eigenvalue weighted by Gasteiger charge is 2.19. The molecule has 0 radical (unpaired) electrons. The molecular formula is C34H29NO5S. The molecule has 206 valence electrons. The zero-order valence-electron chi connectivity index (χ0n) is 22.5. The molecule has 0 unspecified atom stereocenters. The van der Waals surface area contributed by atoms with Crippen LogP contribution in [0.4, 0.5) is 5.69 Å². The maximum atomic E-state index is 13.2. The van der Waals surface area contributed by atoms with Crippen molar-refractivity contribution in [2.45, 2.75) is 23.0 Å². The van der Waals surface area contributed by atoms with Crippen LogP contribution >= 0.6 is 0 Å². The molecule has 5 aromatic rings. The lowest BCUT2D eigenvalue weighted by molar-refractivity contribution is 0.256. The van der Waals surface area contributed by atoms with Crippen molar-refractivity contribution >= 4 is 21.7 Å². The Hall–Kier alpha value is -4.88. The lowest BCUT2D eigenvalue weighted by atomic mass is 10.2. The summed E-state index contributed by atoms with van der Waals surface area (Å²) in [6, 6.07) is 38.3. The van der Waals surface area contributed by atoms with Gasteiger partial charge in [0.15, 0.2) is 11.5 Å². The third-order valence-electron chi connectivity index (χ3n) is 6.31. The summed E-state index contributed by atoms with van der Waals surface area (Å²) in [5, 5.41) is 0. The average Bonchev–Trinajstić information content (AvgIpc) is 3.03. The van der Waals surface area contributed by atoms with Crippen molar-refractivity contribution in [2.24, 2.45) is 4.99 Å². The van der Waals surface area contributed by atoms with Gasteiger partial charge in [0.1, 0.15) is 24.7 Å². The minimum absolute atomic E-state index is 0.133. The van der Waals surface area contributed by atoms with E-state index in [4.69, 9.17) is 14.2 Å². The lowest BCUT2D eigenvalue weighted by Crippen LogP contribution is -2.02. The Bertz CT molecular complexity index is 1720. The van der Waals surface area contributed by atoms with Crippen molar-refractivity contribution in [1.82, 2.24) is 0 Å². The largest absolute Gasteiger partial charge is 0.494 e. The molecule has 0 atom stereocenters. The second-order valence-corrected chi connectivity index (χ2v) is 11.1. The number of ether oxygens (including phenoxy) is 3. The molecular weight excluding hydrogens is 534 g/mol. The summed E-state index contributed by atoms with van der Waals surface area (Å²) in [7, 11) is -2.19. The zero-order valence-corrected chi connectivity index (χ0v) is 23.3. The van der Waals surface area contributed by atoms with Crippen LogP contribution in [0.15, 0.2) is 142 Å². The Labute approximate surface area is 240 Å². The number of sulfone groups is 1. The monoisotopic (exact) mass is 563 g/mol. The fraction of sp³-hybridized carbons (Fsp3) is 0.0882. The van der Waals surface area contributed by atoms with Gasteiger partial charge < -0.3 is 14.2 Å². The van der Waals surface area contributed by atoms with Crippen LogP contribution in [-0.2, 0) is 23.1 Å². The van der Waals surface area contributed by atoms with Gasteiger partial charge in [-0.2, -0.15) is 0 Å². The highest BCUT2D eigenvalue weighted by Crippen LogP contribution is 2.33. The molecule has 41 heavy (non-hydrogen) atoms. The van der Waals surface area contributed by atoms with E-state index in [-0.39, 0.29) is 9.79 Å². The molecule has 6 nitrogen and oxygen atoms in total. The molecule has 7 heteroatoms. The van der Waals surface area contributed by atoms with Crippen LogP contribution in [0.2, 0.25) is 0 Å². The number of aliphatic imine (C=N–C) groups is 1. The van der Waals surface area contributed by atoms with Crippen LogP contribution in [0.1, 0.15) is 16.7 Å². The minimum atomic E-state index is -3.71. The van der Waals surface area contributed by atoms with Crippen molar-refractivity contribution in [3.63, 3.8) is 0 Å². The molecule has 0 bridgehead atoms. The molecule has 0 fully saturated rings. The quantitative estimate of drug-likeness (QED) is 0.156. The van der Waals surface area contributed by atoms with Crippen molar-refractivity contribution in [3.05, 3.63) is 144 Å². The highest BCUT2D eigenvalue weighted by atomic mass is 32.2. The van der Waals surface area contributed by atoms with Crippen LogP contribution in [0.5, 0.6) is 17.2 Å². The van der Waals surface area contributed by atoms with E-state index in [1.165, 1.54) is 19.2 Å². The first-order valence-electron chi connectivity index (χ1n) is 13.0. The average molecular weight is 564 g/mol. The molecule has 0 saturated carbocycles. The van der Waals surface area contributed by atoms with E-state index in [2.05, 4.69) is 4.99 Å². The summed E-state index contributed by atoms with van der Waals surface area (Å²) in [4.78, 5) is 4.93. The van der Waals surface area contributed by atoms with Crippen LogP contribution in [0.25, 0.3) is 0 Å². The van der Waals surface area contributed by atoms with Crippen LogP contribution in [0, 0.1) is 0 Å². The normalized spacial score (nSPS) is 11.3. The number of benzene rings is 5. The van der Waals surface area contributed by atoms with Crippen LogP contribution < -0.4 is 14.2 Å². The van der Waals surface area contributed by atoms with Gasteiger partial charge in [0.05, 0.1) is 16.9 Å². The first-order valence-corrected chi connectivity index (χ1v) is 14.5. The second kappa shape index (κ2) is 13.0. The molecule has 5 rings (SSSR count). The number of nitrogens with zero attached hydrogens (tertiary/aromatic N) is 1. The van der Waals surface area contributed by atoms with Crippen molar-refractivity contribution in [2.75, 3.05) is 7.11 Å². The molecule has 0 spiro atoms. The first kappa shape index (κ1) is 27.7. The van der Waals surface area contributed by atoms with E-state index in [1.54, 1.807) is 42.6 Å². The maximum absolute atomic E-state index is 13.2. The van der Waals surface area contributed by atoms with Crippen molar-refractivity contribution < 1.29 is 22.6 Å². The van der Waals surface area contributed by atoms with E-state index >= 15 is 0 Å². The van der Waals surface area contributed by atoms with Crippen molar-refractivity contribution in [1.29, 1.82) is 0 Å². The SMILES string of the molecule is COc1ccc(S(=O)(=O)c2ccccc2)cc1N=Cc1ccc(OCc2ccccc2)c(OCc2ccccc2)c1. The standard InChI is InChI=1S/C34H29NO5S/c1-38-32-20-18-30(41(36,37)29-15-9-4-10-16-29)22-31(32)35-23-28-17-19-33(39-24-26-11-5-2-6-12-26)34(21-28)40-25-27-13-7-3-8-14-27/h2-23H,24-25H2,1H3. The molecule has 0 heterocycles. The van der Waals surface area contributed by atoms with Gasteiger partial charge in [-0.05, 0) is 65.2 Å². The van der Waals surface area contributed by atoms with Gasteiger partial charge >= 0.3 is 0 Å². The molecule has 0 amide bonds. The molecule has 0 aromatic heterocycles. The highest BCUT2D eigenvalue weighted by molar-refractivity contribution is 7.91. The molecule has 0 saturated heterocycles. The molecule has 0 aliphatic rings. The van der Waals surface area contributed by atoms with Gasteiger partial charge in [0, 0.05) is 6.21 Å². The summed E-state index contributed by atoms with van der Waals surface area (Å²) < 4.78 is 44.1. The summed E-state index contributed by atoms with van der Waals surface area (Å²) >= 11 is 0. The molecule has 0 N–H and O–H groups in total. The Morgan fingerprint density at radius 2 is 1.17 bits per heavy atom. The van der Waals surface area contributed by atoms with Gasteiger partial charge in [-0.15, -0.1) is 0 Å². The fourth-order valence-corrected chi connectivity index (χ4v) is 5.43. The fourth-order valence-electron chi connectivity index (χ4n) is 4.13. The van der Waals surface area contributed by atoms with Crippen molar-refractivity contribution in [3.8, 4) is 17.2 Å². The lowest BCUT2D eigenvalue weighted by Gasteiger charge is -2.14. The van der Waals surface area contributed by atoms with Gasteiger partial charge in [-0.1, -0.05) is 78.9 Å². The van der Waals surface area contributed by atoms with E-state index in [1.807, 2.05) is 78.9 Å². The Morgan fingerprint density at radius 1 is 0.610 bits per heavy atom. The summed E-state index contributed by atoms with van der Waals surface area (Å²) in [5.74, 6) is 1.63. The molecule has 0 aliphatic carbocycles. The summed E-state index contributed by atoms with van der Waals surface area (Å²) in [6.07, 6.45) is 1.65. The van der Waals surface area contributed by atoms with Crippen LogP contribution in [0.3, 0.4) is 0 Å². The second-order valence-electron chi connectivity index (χ2n) is 9.16. The zero-order chi connectivity index (χ0) is 28.5. The Morgan fingerprint density at radius 3 is 1.78 bits per heavy atom. The predicted molar refractivity (Wildman–Crippen MR) is 160 cm³/mol. The number of hydrogen-bond donors (Lipinski definition) is 0. The Kier molecular flexibility index (Phi) is 8.76. The molecule has 0 aliphatic heterocycles. The van der Waals surface area contributed by atoms with Gasteiger partial charge in [-0.3, -0.25) is 4.99 Å². The van der Waals surface area contributed by atoms with E-state index in [0.29, 0.717) is 36.1 Å². The third-order valence-corrected chi connectivity index (χ3v) is 8.08. The van der Waals surface area contributed by atoms with Crippen LogP contribution in [-0.4, -0.2) is 21.7 Å². The third kappa shape index (κ3) is 7.01. The topological polar surface area (TPSA) is 74.2 Å². The minimum Gasteiger partial charge on any atom is -0.494 e. The summed E-state index contributed by atoms with van der Waals surface area (Å²) in [6.45, 7) is 0.770. The number of rotatable bonds is 11. The molecule has 5 aromatic carbocycles.